The summed E-state index contributed by atoms with van der Waals surface area (Å²) in [6.45, 7) is 0.321. The summed E-state index contributed by atoms with van der Waals surface area (Å²) in [5.74, 6) is -0.711. The highest BCUT2D eigenvalue weighted by atomic mass is 35.5. The van der Waals surface area contributed by atoms with Gasteiger partial charge >= 0.3 is 0 Å². The summed E-state index contributed by atoms with van der Waals surface area (Å²) in [5, 5.41) is 3.21. The molecule has 0 spiro atoms. The molecule has 1 aromatic carbocycles. The first kappa shape index (κ1) is 17.7. The Morgan fingerprint density at radius 3 is 2.48 bits per heavy atom. The molecule has 0 bridgehead atoms. The Morgan fingerprint density at radius 2 is 1.87 bits per heavy atom. The van der Waals surface area contributed by atoms with Gasteiger partial charge in [-0.2, -0.15) is 0 Å². The Balaban J connectivity index is 2.11. The molecular weight excluding hydrogens is 340 g/mol. The van der Waals surface area contributed by atoms with Gasteiger partial charge in [-0.1, -0.05) is 35.3 Å². The average Bonchev–Trinajstić information content (AvgIpc) is 2.51. The summed E-state index contributed by atoms with van der Waals surface area (Å²) in [5.41, 5.74) is 0.970. The first-order chi connectivity index (χ1) is 10.9. The van der Waals surface area contributed by atoms with Crippen LogP contribution in [-0.4, -0.2) is 36.4 Å². The van der Waals surface area contributed by atoms with Crippen molar-refractivity contribution in [2.75, 3.05) is 20.6 Å². The van der Waals surface area contributed by atoms with Crippen molar-refractivity contribution in [1.29, 1.82) is 0 Å². The maximum Gasteiger partial charge on any atom is 0.271 e. The van der Waals surface area contributed by atoms with Crippen LogP contribution in [0.2, 0.25) is 10.2 Å². The Labute approximate surface area is 144 Å². The lowest BCUT2D eigenvalue weighted by Crippen LogP contribution is -2.35. The monoisotopic (exact) mass is 355 g/mol. The molecule has 2 rings (SSSR count). The second kappa shape index (κ2) is 7.73. The van der Waals surface area contributed by atoms with Crippen molar-refractivity contribution < 1.29 is 9.18 Å². The van der Waals surface area contributed by atoms with E-state index < -0.39 is 5.91 Å². The lowest BCUT2D eigenvalue weighted by Gasteiger charge is -2.25. The molecule has 1 amide bonds. The van der Waals surface area contributed by atoms with Crippen molar-refractivity contribution >= 4 is 29.1 Å². The number of halogens is 3. The van der Waals surface area contributed by atoms with Gasteiger partial charge in [0.25, 0.3) is 5.91 Å². The second-order valence-electron chi connectivity index (χ2n) is 5.21. The van der Waals surface area contributed by atoms with Crippen molar-refractivity contribution in [2.24, 2.45) is 0 Å². The summed E-state index contributed by atoms with van der Waals surface area (Å²) >= 11 is 11.8. The van der Waals surface area contributed by atoms with Crippen LogP contribution in [0.15, 0.2) is 36.4 Å². The van der Waals surface area contributed by atoms with Crippen molar-refractivity contribution in [1.82, 2.24) is 15.2 Å². The molecule has 1 atom stereocenters. The van der Waals surface area contributed by atoms with E-state index in [2.05, 4.69) is 10.3 Å². The number of hydrogen-bond acceptors (Lipinski definition) is 3. The topological polar surface area (TPSA) is 45.2 Å². The van der Waals surface area contributed by atoms with Crippen molar-refractivity contribution in [2.45, 2.75) is 6.04 Å². The summed E-state index contributed by atoms with van der Waals surface area (Å²) in [7, 11) is 3.76. The average molecular weight is 356 g/mol. The van der Waals surface area contributed by atoms with Gasteiger partial charge in [-0.05, 0) is 43.9 Å². The number of hydrogen-bond donors (Lipinski definition) is 1. The van der Waals surface area contributed by atoms with Crippen LogP contribution >= 0.6 is 23.2 Å². The number of amides is 1. The molecule has 0 saturated heterocycles. The molecule has 1 N–H and O–H groups in total. The van der Waals surface area contributed by atoms with E-state index in [9.17, 15) is 9.18 Å². The maximum absolute atomic E-state index is 13.1. The zero-order valence-electron chi connectivity index (χ0n) is 12.7. The highest BCUT2D eigenvalue weighted by Gasteiger charge is 2.18. The van der Waals surface area contributed by atoms with Crippen LogP contribution in [0.4, 0.5) is 4.39 Å². The number of likely N-dealkylation sites (N-methyl/N-ethyl adjacent to an activating group) is 1. The molecule has 0 aliphatic heterocycles. The van der Waals surface area contributed by atoms with Gasteiger partial charge in [0.15, 0.2) is 0 Å². The minimum Gasteiger partial charge on any atom is -0.349 e. The fourth-order valence-corrected chi connectivity index (χ4v) is 2.47. The quantitative estimate of drug-likeness (QED) is 0.834. The number of rotatable bonds is 5. The zero-order valence-corrected chi connectivity index (χ0v) is 14.2. The van der Waals surface area contributed by atoms with E-state index in [4.69, 9.17) is 23.2 Å². The minimum atomic E-state index is -0.411. The third kappa shape index (κ3) is 4.64. The van der Waals surface area contributed by atoms with E-state index in [0.717, 1.165) is 5.56 Å². The van der Waals surface area contributed by atoms with E-state index in [0.29, 0.717) is 6.54 Å². The summed E-state index contributed by atoms with van der Waals surface area (Å²) in [6.07, 6.45) is 0. The van der Waals surface area contributed by atoms with E-state index in [-0.39, 0.29) is 27.7 Å². The molecule has 122 valence electrons. The predicted octanol–water partition coefficient (Wildman–Crippen LogP) is 3.56. The molecule has 2 aromatic rings. The molecule has 0 fully saturated rings. The molecule has 0 saturated carbocycles. The SMILES string of the molecule is CN(C)C(CNC(=O)c1nc(Cl)ccc1Cl)c1ccc(F)cc1. The number of nitrogens with zero attached hydrogens (tertiary/aromatic N) is 2. The number of carbonyl (C=O) groups is 1. The number of carbonyl (C=O) groups excluding carboxylic acids is 1. The molecule has 0 aliphatic carbocycles. The Morgan fingerprint density at radius 1 is 1.22 bits per heavy atom. The van der Waals surface area contributed by atoms with E-state index >= 15 is 0 Å². The summed E-state index contributed by atoms with van der Waals surface area (Å²) in [6, 6.07) is 9.09. The van der Waals surface area contributed by atoms with Gasteiger partial charge in [0.1, 0.15) is 16.7 Å². The molecule has 7 heteroatoms. The van der Waals surface area contributed by atoms with Gasteiger partial charge in [-0.15, -0.1) is 0 Å². The summed E-state index contributed by atoms with van der Waals surface area (Å²) in [4.78, 5) is 18.1. The standard InChI is InChI=1S/C16H16Cl2FN3O/c1-22(2)13(10-3-5-11(19)6-4-10)9-20-16(23)15-12(17)7-8-14(18)21-15/h3-8,13H,9H2,1-2H3,(H,20,23). The van der Waals surface area contributed by atoms with E-state index in [1.807, 2.05) is 19.0 Å². The van der Waals surface area contributed by atoms with Crippen molar-refractivity contribution in [3.8, 4) is 0 Å². The lowest BCUT2D eigenvalue weighted by atomic mass is 10.1. The van der Waals surface area contributed by atoms with Crippen LogP contribution in [-0.2, 0) is 0 Å². The molecular formula is C16H16Cl2FN3O. The Kier molecular flexibility index (Phi) is 5.93. The molecule has 0 radical (unpaired) electrons. The summed E-state index contributed by atoms with van der Waals surface area (Å²) < 4.78 is 13.1. The fraction of sp³-hybridized carbons (Fsp3) is 0.250. The first-order valence-corrected chi connectivity index (χ1v) is 7.66. The number of benzene rings is 1. The van der Waals surface area contributed by atoms with Crippen molar-refractivity contribution in [3.63, 3.8) is 0 Å². The number of aromatic nitrogens is 1. The van der Waals surface area contributed by atoms with Crippen LogP contribution in [0.3, 0.4) is 0 Å². The molecule has 23 heavy (non-hydrogen) atoms. The van der Waals surface area contributed by atoms with Crippen LogP contribution in [0.1, 0.15) is 22.1 Å². The van der Waals surface area contributed by atoms with Gasteiger partial charge in [-0.3, -0.25) is 4.79 Å². The minimum absolute atomic E-state index is 0.0794. The largest absolute Gasteiger partial charge is 0.349 e. The third-order valence-corrected chi connectivity index (χ3v) is 3.88. The van der Waals surface area contributed by atoms with Gasteiger partial charge in [0.05, 0.1) is 11.1 Å². The van der Waals surface area contributed by atoms with Crippen LogP contribution in [0.5, 0.6) is 0 Å². The number of pyridine rings is 1. The molecule has 4 nitrogen and oxygen atoms in total. The fourth-order valence-electron chi connectivity index (χ4n) is 2.13. The highest BCUT2D eigenvalue weighted by Crippen LogP contribution is 2.19. The Bertz CT molecular complexity index is 692. The van der Waals surface area contributed by atoms with Crippen LogP contribution in [0, 0.1) is 5.82 Å². The first-order valence-electron chi connectivity index (χ1n) is 6.90. The molecule has 1 unspecified atom stereocenters. The molecule has 0 aliphatic rings. The second-order valence-corrected chi connectivity index (χ2v) is 6.00. The maximum atomic E-state index is 13.1. The van der Waals surface area contributed by atoms with Crippen LogP contribution < -0.4 is 5.32 Å². The van der Waals surface area contributed by atoms with Crippen LogP contribution in [0.25, 0.3) is 0 Å². The van der Waals surface area contributed by atoms with Gasteiger partial charge in [0.2, 0.25) is 0 Å². The molecule has 1 heterocycles. The van der Waals surface area contributed by atoms with Crippen molar-refractivity contribution in [3.05, 3.63) is 63.6 Å². The van der Waals surface area contributed by atoms with E-state index in [1.54, 1.807) is 12.1 Å². The predicted molar refractivity (Wildman–Crippen MR) is 89.4 cm³/mol. The highest BCUT2D eigenvalue weighted by molar-refractivity contribution is 6.34. The normalized spacial score (nSPS) is 12.3. The number of nitrogens with one attached hydrogen (secondary N) is 1. The van der Waals surface area contributed by atoms with Gasteiger partial charge < -0.3 is 10.2 Å². The zero-order chi connectivity index (χ0) is 17.0. The van der Waals surface area contributed by atoms with E-state index in [1.165, 1.54) is 24.3 Å². The third-order valence-electron chi connectivity index (χ3n) is 3.36. The molecule has 1 aromatic heterocycles. The van der Waals surface area contributed by atoms with Gasteiger partial charge in [0, 0.05) is 6.54 Å². The Hall–Kier alpha value is -1.69. The lowest BCUT2D eigenvalue weighted by molar-refractivity contribution is 0.0937. The van der Waals surface area contributed by atoms with Gasteiger partial charge in [-0.25, -0.2) is 9.37 Å². The smallest absolute Gasteiger partial charge is 0.271 e.